The maximum Gasteiger partial charge on any atom is 0.271 e. The van der Waals surface area contributed by atoms with Crippen LogP contribution in [-0.4, -0.2) is 21.9 Å². The molecule has 2 atom stereocenters. The summed E-state index contributed by atoms with van der Waals surface area (Å²) in [5.41, 5.74) is 1.24. The molecule has 1 fully saturated rings. The van der Waals surface area contributed by atoms with Crippen LogP contribution in [-0.2, 0) is 0 Å². The molecule has 1 heterocycles. The lowest BCUT2D eigenvalue weighted by atomic mass is 9.86. The first kappa shape index (κ1) is 12.0. The Balaban J connectivity index is 1.98. The third-order valence-electron chi connectivity index (χ3n) is 3.44. The minimum atomic E-state index is -0.101. The molecular formula is C13H19N3O. The van der Waals surface area contributed by atoms with Crippen LogP contribution in [0.25, 0.3) is 0 Å². The Bertz CT molecular complexity index is 388. The lowest BCUT2D eigenvalue weighted by Gasteiger charge is -2.29. The van der Waals surface area contributed by atoms with E-state index in [0.29, 0.717) is 17.7 Å². The van der Waals surface area contributed by atoms with Crippen LogP contribution >= 0.6 is 0 Å². The average Bonchev–Trinajstić information content (AvgIpc) is 2.33. The Morgan fingerprint density at radius 3 is 2.71 bits per heavy atom. The summed E-state index contributed by atoms with van der Waals surface area (Å²) in [6, 6.07) is 0.291. The highest BCUT2D eigenvalue weighted by atomic mass is 16.1. The van der Waals surface area contributed by atoms with Crippen molar-refractivity contribution in [2.75, 3.05) is 0 Å². The Hall–Kier alpha value is -1.45. The van der Waals surface area contributed by atoms with E-state index in [1.165, 1.54) is 25.5 Å². The van der Waals surface area contributed by atoms with Gasteiger partial charge in [-0.15, -0.1) is 0 Å². The average molecular weight is 233 g/mol. The van der Waals surface area contributed by atoms with Crippen LogP contribution in [0, 0.1) is 12.8 Å². The van der Waals surface area contributed by atoms with Gasteiger partial charge >= 0.3 is 0 Å². The molecule has 1 aliphatic rings. The monoisotopic (exact) mass is 233 g/mol. The van der Waals surface area contributed by atoms with Gasteiger partial charge in [0.25, 0.3) is 5.91 Å². The number of carbonyl (C=O) groups is 1. The Morgan fingerprint density at radius 1 is 1.29 bits per heavy atom. The second-order valence-corrected chi connectivity index (χ2v) is 4.88. The van der Waals surface area contributed by atoms with Gasteiger partial charge in [0.2, 0.25) is 0 Å². The third-order valence-corrected chi connectivity index (χ3v) is 3.44. The zero-order chi connectivity index (χ0) is 12.3. The van der Waals surface area contributed by atoms with Gasteiger partial charge in [-0.1, -0.05) is 19.8 Å². The molecule has 1 N–H and O–H groups in total. The summed E-state index contributed by atoms with van der Waals surface area (Å²) in [6.07, 6.45) is 7.92. The molecule has 4 nitrogen and oxygen atoms in total. The summed E-state index contributed by atoms with van der Waals surface area (Å²) in [4.78, 5) is 20.1. The third kappa shape index (κ3) is 3.02. The summed E-state index contributed by atoms with van der Waals surface area (Å²) >= 11 is 0. The van der Waals surface area contributed by atoms with Gasteiger partial charge in [-0.2, -0.15) is 0 Å². The highest BCUT2D eigenvalue weighted by Gasteiger charge is 2.23. The van der Waals surface area contributed by atoms with Crippen LogP contribution in [0.3, 0.4) is 0 Å². The zero-order valence-corrected chi connectivity index (χ0v) is 10.4. The largest absolute Gasteiger partial charge is 0.348 e. The first-order valence-corrected chi connectivity index (χ1v) is 6.26. The Morgan fingerprint density at radius 2 is 2.06 bits per heavy atom. The second-order valence-electron chi connectivity index (χ2n) is 4.88. The molecule has 2 rings (SSSR count). The number of aromatic nitrogens is 2. The summed E-state index contributed by atoms with van der Waals surface area (Å²) in [5, 5.41) is 3.06. The molecule has 1 aromatic heterocycles. The number of aryl methyl sites for hydroxylation is 1. The van der Waals surface area contributed by atoms with Gasteiger partial charge in [-0.05, 0) is 25.7 Å². The van der Waals surface area contributed by atoms with E-state index < -0.39 is 0 Å². The van der Waals surface area contributed by atoms with Gasteiger partial charge in [0, 0.05) is 12.2 Å². The van der Waals surface area contributed by atoms with Crippen molar-refractivity contribution in [3.8, 4) is 0 Å². The summed E-state index contributed by atoms with van der Waals surface area (Å²) in [7, 11) is 0. The number of nitrogens with zero attached hydrogens (tertiary/aromatic N) is 2. The Kier molecular flexibility index (Phi) is 3.71. The van der Waals surface area contributed by atoms with E-state index in [1.54, 1.807) is 6.20 Å². The number of nitrogens with one attached hydrogen (secondary N) is 1. The van der Waals surface area contributed by atoms with E-state index in [9.17, 15) is 4.79 Å². The molecule has 92 valence electrons. The number of hydrogen-bond donors (Lipinski definition) is 1. The number of rotatable bonds is 2. The lowest BCUT2D eigenvalue weighted by Crippen LogP contribution is -2.41. The summed E-state index contributed by atoms with van der Waals surface area (Å²) < 4.78 is 0. The van der Waals surface area contributed by atoms with Crippen LogP contribution < -0.4 is 5.32 Å². The maximum absolute atomic E-state index is 12.0. The highest BCUT2D eigenvalue weighted by Crippen LogP contribution is 2.23. The van der Waals surface area contributed by atoms with Gasteiger partial charge in [-0.3, -0.25) is 9.78 Å². The molecule has 0 bridgehead atoms. The second kappa shape index (κ2) is 5.25. The number of hydrogen-bond acceptors (Lipinski definition) is 3. The predicted molar refractivity (Wildman–Crippen MR) is 65.7 cm³/mol. The molecule has 17 heavy (non-hydrogen) atoms. The van der Waals surface area contributed by atoms with E-state index in [-0.39, 0.29) is 5.91 Å². The number of amides is 1. The van der Waals surface area contributed by atoms with E-state index in [2.05, 4.69) is 22.2 Å². The molecule has 0 saturated heterocycles. The van der Waals surface area contributed by atoms with Crippen molar-refractivity contribution in [2.24, 2.45) is 5.92 Å². The first-order chi connectivity index (χ1) is 8.16. The highest BCUT2D eigenvalue weighted by molar-refractivity contribution is 5.92. The maximum atomic E-state index is 12.0. The lowest BCUT2D eigenvalue weighted by molar-refractivity contribution is 0.0904. The van der Waals surface area contributed by atoms with Crippen LogP contribution in [0.15, 0.2) is 12.4 Å². The van der Waals surface area contributed by atoms with Gasteiger partial charge < -0.3 is 5.32 Å². The van der Waals surface area contributed by atoms with E-state index in [0.717, 1.165) is 12.1 Å². The smallest absolute Gasteiger partial charge is 0.271 e. The van der Waals surface area contributed by atoms with Gasteiger partial charge in [-0.25, -0.2) is 4.98 Å². The summed E-state index contributed by atoms with van der Waals surface area (Å²) in [6.45, 7) is 4.06. The molecule has 0 unspecified atom stereocenters. The molecule has 4 heteroatoms. The van der Waals surface area contributed by atoms with E-state index in [1.807, 2.05) is 6.92 Å². The van der Waals surface area contributed by atoms with Crippen molar-refractivity contribution in [2.45, 2.75) is 45.6 Å². The molecule has 0 radical (unpaired) electrons. The number of carbonyl (C=O) groups excluding carboxylic acids is 1. The quantitative estimate of drug-likeness (QED) is 0.851. The molecule has 1 aliphatic carbocycles. The van der Waals surface area contributed by atoms with Crippen LogP contribution in [0.2, 0.25) is 0 Å². The standard InChI is InChI=1S/C13H19N3O/c1-9-5-3-4-6-11(9)16-13(17)12-8-14-10(2)7-15-12/h7-9,11H,3-6H2,1-2H3,(H,16,17)/t9-,11-/m1/s1. The first-order valence-electron chi connectivity index (χ1n) is 6.26. The fraction of sp³-hybridized carbons (Fsp3) is 0.615. The topological polar surface area (TPSA) is 54.9 Å². The predicted octanol–water partition coefficient (Wildman–Crippen LogP) is 2.09. The molecular weight excluding hydrogens is 214 g/mol. The van der Waals surface area contributed by atoms with Crippen LogP contribution in [0.5, 0.6) is 0 Å². The fourth-order valence-electron chi connectivity index (χ4n) is 2.28. The van der Waals surface area contributed by atoms with Crippen molar-refractivity contribution in [1.29, 1.82) is 0 Å². The molecule has 0 aromatic carbocycles. The van der Waals surface area contributed by atoms with Crippen molar-refractivity contribution in [1.82, 2.24) is 15.3 Å². The molecule has 1 amide bonds. The molecule has 1 aromatic rings. The van der Waals surface area contributed by atoms with E-state index >= 15 is 0 Å². The van der Waals surface area contributed by atoms with Crippen LogP contribution in [0.1, 0.15) is 48.8 Å². The molecule has 0 spiro atoms. The van der Waals surface area contributed by atoms with E-state index in [4.69, 9.17) is 0 Å². The zero-order valence-electron chi connectivity index (χ0n) is 10.4. The van der Waals surface area contributed by atoms with Crippen LogP contribution in [0.4, 0.5) is 0 Å². The van der Waals surface area contributed by atoms with Gasteiger partial charge in [0.15, 0.2) is 0 Å². The summed E-state index contributed by atoms with van der Waals surface area (Å²) in [5.74, 6) is 0.461. The minimum Gasteiger partial charge on any atom is -0.348 e. The Labute approximate surface area is 102 Å². The van der Waals surface area contributed by atoms with Crippen molar-refractivity contribution in [3.05, 3.63) is 23.8 Å². The fourth-order valence-corrected chi connectivity index (χ4v) is 2.28. The normalized spacial score (nSPS) is 24.4. The molecule has 0 aliphatic heterocycles. The molecule has 1 saturated carbocycles. The van der Waals surface area contributed by atoms with Gasteiger partial charge in [0.05, 0.1) is 11.9 Å². The van der Waals surface area contributed by atoms with Crippen molar-refractivity contribution >= 4 is 5.91 Å². The SMILES string of the molecule is Cc1cnc(C(=O)N[C@@H]2CCCC[C@H]2C)cn1. The van der Waals surface area contributed by atoms with Crippen molar-refractivity contribution < 1.29 is 4.79 Å². The minimum absolute atomic E-state index is 0.101. The van der Waals surface area contributed by atoms with Gasteiger partial charge in [0.1, 0.15) is 5.69 Å². The van der Waals surface area contributed by atoms with Crippen molar-refractivity contribution in [3.63, 3.8) is 0 Å².